The summed E-state index contributed by atoms with van der Waals surface area (Å²) in [5, 5.41) is 1.85. The molecule has 1 heterocycles. The van der Waals surface area contributed by atoms with Crippen molar-refractivity contribution in [3.05, 3.63) is 50.1 Å². The number of benzene rings is 1. The van der Waals surface area contributed by atoms with Gasteiger partial charge in [0.05, 0.1) is 10.9 Å². The van der Waals surface area contributed by atoms with Gasteiger partial charge in [-0.2, -0.15) is 0 Å². The number of ether oxygens (including phenoxy) is 1. The Morgan fingerprint density at radius 2 is 2.06 bits per heavy atom. The predicted octanol–water partition coefficient (Wildman–Crippen LogP) is 4.06. The number of halogens is 1. The lowest BCUT2D eigenvalue weighted by atomic mass is 10.0. The average Bonchev–Trinajstić information content (AvgIpc) is 2.75. The number of aryl methyl sites for hydroxylation is 1. The summed E-state index contributed by atoms with van der Waals surface area (Å²) in [4.78, 5) is 12.2. The van der Waals surface area contributed by atoms with Crippen LogP contribution in [0, 0.1) is 6.92 Å². The molecule has 1 aromatic carbocycles. The summed E-state index contributed by atoms with van der Waals surface area (Å²) >= 11 is 4.87. The van der Waals surface area contributed by atoms with Gasteiger partial charge in [-0.05, 0) is 52.7 Å². The smallest absolute Gasteiger partial charge is 0.193 e. The van der Waals surface area contributed by atoms with Gasteiger partial charge in [-0.15, -0.1) is 11.3 Å². The molecule has 2 nitrogen and oxygen atoms in total. The molecule has 88 valence electrons. The first-order valence-electron chi connectivity index (χ1n) is 5.05. The molecular formula is C13H11BrO2S. The van der Waals surface area contributed by atoms with Crippen LogP contribution in [0.1, 0.15) is 21.5 Å². The second-order valence-corrected chi connectivity index (χ2v) is 5.94. The minimum Gasteiger partial charge on any atom is -0.496 e. The van der Waals surface area contributed by atoms with Gasteiger partial charge in [-0.25, -0.2) is 0 Å². The number of carbonyl (C=O) groups excluding carboxylic acids is 1. The molecule has 0 amide bonds. The lowest BCUT2D eigenvalue weighted by Gasteiger charge is -2.06. The van der Waals surface area contributed by atoms with E-state index in [1.807, 2.05) is 30.5 Å². The number of ketones is 1. The molecule has 0 aliphatic carbocycles. The Hall–Kier alpha value is -1.13. The van der Waals surface area contributed by atoms with Gasteiger partial charge in [0, 0.05) is 16.5 Å². The maximum atomic E-state index is 12.2. The van der Waals surface area contributed by atoms with Crippen LogP contribution >= 0.6 is 27.3 Å². The van der Waals surface area contributed by atoms with Crippen molar-refractivity contribution in [3.8, 4) is 5.75 Å². The van der Waals surface area contributed by atoms with Gasteiger partial charge < -0.3 is 4.74 Å². The fraction of sp³-hybridized carbons (Fsp3) is 0.154. The molecule has 0 spiro atoms. The van der Waals surface area contributed by atoms with Crippen molar-refractivity contribution in [3.63, 3.8) is 0 Å². The van der Waals surface area contributed by atoms with Crippen molar-refractivity contribution in [2.45, 2.75) is 6.92 Å². The SMILES string of the molecule is COc1ccc(C(=O)c2csc(Br)c2)cc1C. The Kier molecular flexibility index (Phi) is 3.64. The Bertz CT molecular complexity index is 560. The maximum Gasteiger partial charge on any atom is 0.193 e. The number of methoxy groups -OCH3 is 1. The average molecular weight is 311 g/mol. The molecule has 0 N–H and O–H groups in total. The third-order valence-corrected chi connectivity index (χ3v) is 3.99. The van der Waals surface area contributed by atoms with Gasteiger partial charge in [0.2, 0.25) is 0 Å². The molecule has 0 aliphatic rings. The highest BCUT2D eigenvalue weighted by molar-refractivity contribution is 9.11. The summed E-state index contributed by atoms with van der Waals surface area (Å²) in [6.45, 7) is 1.93. The molecule has 0 atom stereocenters. The highest BCUT2D eigenvalue weighted by Gasteiger charge is 2.12. The normalized spacial score (nSPS) is 10.3. The molecule has 0 aliphatic heterocycles. The Morgan fingerprint density at radius 3 is 2.59 bits per heavy atom. The number of hydrogen-bond donors (Lipinski definition) is 0. The fourth-order valence-corrected chi connectivity index (χ4v) is 2.75. The van der Waals surface area contributed by atoms with Crippen molar-refractivity contribution < 1.29 is 9.53 Å². The third-order valence-electron chi connectivity index (χ3n) is 2.49. The van der Waals surface area contributed by atoms with Gasteiger partial charge in [-0.1, -0.05) is 0 Å². The van der Waals surface area contributed by atoms with E-state index in [1.165, 1.54) is 11.3 Å². The minimum absolute atomic E-state index is 0.0395. The third kappa shape index (κ3) is 2.58. The van der Waals surface area contributed by atoms with E-state index >= 15 is 0 Å². The van der Waals surface area contributed by atoms with Gasteiger partial charge in [-0.3, -0.25) is 4.79 Å². The molecule has 0 fully saturated rings. The summed E-state index contributed by atoms with van der Waals surface area (Å²) in [5.41, 5.74) is 2.37. The first-order chi connectivity index (χ1) is 8.11. The first-order valence-corrected chi connectivity index (χ1v) is 6.72. The second-order valence-electron chi connectivity index (χ2n) is 3.65. The van der Waals surface area contributed by atoms with Crippen LogP contribution < -0.4 is 4.74 Å². The number of rotatable bonds is 3. The van der Waals surface area contributed by atoms with Crippen molar-refractivity contribution in [2.24, 2.45) is 0 Å². The lowest BCUT2D eigenvalue weighted by Crippen LogP contribution is -2.00. The zero-order valence-corrected chi connectivity index (χ0v) is 11.9. The summed E-state index contributed by atoms with van der Waals surface area (Å²) in [6.07, 6.45) is 0. The maximum absolute atomic E-state index is 12.2. The lowest BCUT2D eigenvalue weighted by molar-refractivity contribution is 0.103. The monoisotopic (exact) mass is 310 g/mol. The van der Waals surface area contributed by atoms with E-state index in [0.29, 0.717) is 11.1 Å². The van der Waals surface area contributed by atoms with E-state index in [4.69, 9.17) is 4.74 Å². The van der Waals surface area contributed by atoms with E-state index in [-0.39, 0.29) is 5.78 Å². The molecule has 0 saturated carbocycles. The number of hydrogen-bond acceptors (Lipinski definition) is 3. The Morgan fingerprint density at radius 1 is 1.29 bits per heavy atom. The molecule has 0 radical (unpaired) electrons. The Balaban J connectivity index is 2.35. The highest BCUT2D eigenvalue weighted by atomic mass is 79.9. The van der Waals surface area contributed by atoms with E-state index in [1.54, 1.807) is 13.2 Å². The van der Waals surface area contributed by atoms with Crippen LogP contribution in [0.15, 0.2) is 33.4 Å². The van der Waals surface area contributed by atoms with Crippen LogP contribution in [0.25, 0.3) is 0 Å². The fourth-order valence-electron chi connectivity index (χ4n) is 1.62. The molecule has 2 aromatic rings. The largest absolute Gasteiger partial charge is 0.496 e. The molecule has 0 bridgehead atoms. The highest BCUT2D eigenvalue weighted by Crippen LogP contribution is 2.25. The van der Waals surface area contributed by atoms with E-state index < -0.39 is 0 Å². The van der Waals surface area contributed by atoms with Crippen LogP contribution in [0.2, 0.25) is 0 Å². The van der Waals surface area contributed by atoms with E-state index in [0.717, 1.165) is 15.1 Å². The van der Waals surface area contributed by atoms with Gasteiger partial charge in [0.1, 0.15) is 5.75 Å². The molecule has 0 unspecified atom stereocenters. The topological polar surface area (TPSA) is 26.3 Å². The zero-order chi connectivity index (χ0) is 12.4. The molecular weight excluding hydrogens is 300 g/mol. The zero-order valence-electron chi connectivity index (χ0n) is 9.49. The predicted molar refractivity (Wildman–Crippen MR) is 73.2 cm³/mol. The summed E-state index contributed by atoms with van der Waals surface area (Å²) < 4.78 is 6.14. The first kappa shape index (κ1) is 12.3. The Labute approximate surface area is 112 Å². The van der Waals surface area contributed by atoms with Crippen LogP contribution in [-0.4, -0.2) is 12.9 Å². The molecule has 1 aromatic heterocycles. The summed E-state index contributed by atoms with van der Waals surface area (Å²) in [7, 11) is 1.62. The van der Waals surface area contributed by atoms with Crippen molar-refractivity contribution in [1.82, 2.24) is 0 Å². The number of carbonyl (C=O) groups is 1. The summed E-state index contributed by atoms with van der Waals surface area (Å²) in [5.74, 6) is 0.839. The second kappa shape index (κ2) is 5.02. The molecule has 0 saturated heterocycles. The van der Waals surface area contributed by atoms with E-state index in [9.17, 15) is 4.79 Å². The van der Waals surface area contributed by atoms with Crippen LogP contribution in [0.3, 0.4) is 0 Å². The molecule has 2 rings (SSSR count). The summed E-state index contributed by atoms with van der Waals surface area (Å²) in [6, 6.07) is 7.31. The van der Waals surface area contributed by atoms with Crippen LogP contribution in [0.5, 0.6) is 5.75 Å². The van der Waals surface area contributed by atoms with E-state index in [2.05, 4.69) is 15.9 Å². The minimum atomic E-state index is 0.0395. The van der Waals surface area contributed by atoms with Gasteiger partial charge in [0.25, 0.3) is 0 Å². The van der Waals surface area contributed by atoms with Crippen LogP contribution in [-0.2, 0) is 0 Å². The van der Waals surface area contributed by atoms with Crippen molar-refractivity contribution in [2.75, 3.05) is 7.11 Å². The van der Waals surface area contributed by atoms with Crippen molar-refractivity contribution in [1.29, 1.82) is 0 Å². The van der Waals surface area contributed by atoms with Gasteiger partial charge >= 0.3 is 0 Å². The standard InChI is InChI=1S/C13H11BrO2S/c1-8-5-9(3-4-11(8)16-2)13(15)10-6-12(14)17-7-10/h3-7H,1-2H3. The number of thiophene rings is 1. The van der Waals surface area contributed by atoms with Gasteiger partial charge in [0.15, 0.2) is 5.78 Å². The quantitative estimate of drug-likeness (QED) is 0.799. The van der Waals surface area contributed by atoms with Crippen LogP contribution in [0.4, 0.5) is 0 Å². The molecule has 4 heteroatoms. The van der Waals surface area contributed by atoms with Crippen molar-refractivity contribution >= 4 is 33.0 Å². The molecule has 17 heavy (non-hydrogen) atoms.